The van der Waals surface area contributed by atoms with Gasteiger partial charge in [0.05, 0.1) is 0 Å². The van der Waals surface area contributed by atoms with Crippen LogP contribution in [0.5, 0.6) is 0 Å². The van der Waals surface area contributed by atoms with Gasteiger partial charge in [0.25, 0.3) is 0 Å². The van der Waals surface area contributed by atoms with Gasteiger partial charge in [-0.15, -0.1) is 0 Å². The first kappa shape index (κ1) is 13.9. The monoisotopic (exact) mass is 267 g/mol. The Morgan fingerprint density at radius 2 is 1.74 bits per heavy atom. The topological polar surface area (TPSA) is 26.0 Å². The van der Waals surface area contributed by atoms with Gasteiger partial charge >= 0.3 is 6.18 Å². The van der Waals surface area contributed by atoms with Crippen LogP contribution in [-0.2, 0) is 0 Å². The Morgan fingerprint density at radius 3 is 2.32 bits per heavy atom. The Hall–Kier alpha value is -1.55. The molecule has 4 heteroatoms. The van der Waals surface area contributed by atoms with Crippen molar-refractivity contribution in [3.05, 3.63) is 47.5 Å². The normalized spacial score (nSPS) is 14.1. The van der Waals surface area contributed by atoms with Crippen molar-refractivity contribution in [3.63, 3.8) is 0 Å². The van der Waals surface area contributed by atoms with E-state index in [9.17, 15) is 13.2 Å². The molecule has 0 heterocycles. The number of rotatable bonds is 2. The van der Waals surface area contributed by atoms with E-state index in [0.29, 0.717) is 11.3 Å². The third-order valence-electron chi connectivity index (χ3n) is 3.29. The second kappa shape index (κ2) is 4.85. The average molecular weight is 267 g/mol. The Morgan fingerprint density at radius 1 is 1.05 bits per heavy atom. The summed E-state index contributed by atoms with van der Waals surface area (Å²) in [6, 6.07) is 8.44. The van der Waals surface area contributed by atoms with Crippen LogP contribution in [0.3, 0.4) is 0 Å². The fourth-order valence-corrected chi connectivity index (χ4v) is 2.13. The summed E-state index contributed by atoms with van der Waals surface area (Å²) in [6.45, 7) is 4.10. The van der Waals surface area contributed by atoms with Crippen molar-refractivity contribution in [2.75, 3.05) is 0 Å². The van der Waals surface area contributed by atoms with Crippen molar-refractivity contribution in [2.24, 2.45) is 5.73 Å². The highest BCUT2D eigenvalue weighted by Crippen LogP contribution is 2.35. The maximum atomic E-state index is 12.7. The van der Waals surface area contributed by atoms with Crippen LogP contribution in [0.4, 0.5) is 13.2 Å². The first-order chi connectivity index (χ1) is 8.80. The van der Waals surface area contributed by atoms with E-state index in [1.54, 1.807) is 12.1 Å². The second-order valence-corrected chi connectivity index (χ2v) is 5.00. The molecule has 2 aromatic rings. The van der Waals surface area contributed by atoms with Crippen LogP contribution >= 0.6 is 0 Å². The Bertz CT molecular complexity index is 587. The van der Waals surface area contributed by atoms with Gasteiger partial charge < -0.3 is 5.73 Å². The predicted molar refractivity (Wildman–Crippen MR) is 71.0 cm³/mol. The second-order valence-electron chi connectivity index (χ2n) is 5.00. The lowest BCUT2D eigenvalue weighted by Gasteiger charge is -2.18. The molecule has 0 spiro atoms. The van der Waals surface area contributed by atoms with E-state index >= 15 is 0 Å². The molecule has 1 nitrogen and oxygen atoms in total. The van der Waals surface area contributed by atoms with Crippen LogP contribution in [0.1, 0.15) is 36.9 Å². The van der Waals surface area contributed by atoms with E-state index in [0.717, 1.165) is 10.9 Å². The molecule has 2 rings (SSSR count). The highest BCUT2D eigenvalue weighted by molar-refractivity contribution is 5.87. The predicted octanol–water partition coefficient (Wildman–Crippen LogP) is 4.53. The number of nitrogens with two attached hydrogens (primary N) is 1. The molecule has 0 saturated heterocycles. The van der Waals surface area contributed by atoms with Gasteiger partial charge in [-0.25, -0.2) is 0 Å². The molecule has 0 amide bonds. The molecular weight excluding hydrogens is 251 g/mol. The maximum Gasteiger partial charge on any atom is 0.407 e. The van der Waals surface area contributed by atoms with Gasteiger partial charge in [-0.2, -0.15) is 13.2 Å². The van der Waals surface area contributed by atoms with Crippen LogP contribution < -0.4 is 5.73 Å². The maximum absolute atomic E-state index is 12.7. The molecule has 0 bridgehead atoms. The van der Waals surface area contributed by atoms with Gasteiger partial charge in [0.2, 0.25) is 0 Å². The molecule has 0 aliphatic carbocycles. The summed E-state index contributed by atoms with van der Waals surface area (Å²) < 4.78 is 38.2. The number of halogens is 3. The summed E-state index contributed by atoms with van der Waals surface area (Å²) in [6.07, 6.45) is -4.43. The summed E-state index contributed by atoms with van der Waals surface area (Å²) in [5.41, 5.74) is 6.54. The smallest absolute Gasteiger partial charge is 0.316 e. The number of alkyl halides is 3. The Kier molecular flexibility index (Phi) is 3.54. The summed E-state index contributed by atoms with van der Waals surface area (Å²) >= 11 is 0. The molecule has 0 aromatic heterocycles. The molecule has 0 fully saturated rings. The highest BCUT2D eigenvalue weighted by atomic mass is 19.4. The zero-order chi connectivity index (χ0) is 14.2. The lowest BCUT2D eigenvalue weighted by Crippen LogP contribution is -2.28. The molecule has 0 radical (unpaired) electrons. The average Bonchev–Trinajstić information content (AvgIpc) is 2.35. The van der Waals surface area contributed by atoms with Crippen LogP contribution in [-0.4, -0.2) is 6.18 Å². The van der Waals surface area contributed by atoms with Gasteiger partial charge in [0.15, 0.2) is 0 Å². The van der Waals surface area contributed by atoms with E-state index < -0.39 is 12.2 Å². The summed E-state index contributed by atoms with van der Waals surface area (Å²) in [5, 5.41) is 1.36. The molecule has 1 atom stereocenters. The minimum atomic E-state index is -4.43. The standard InChI is InChI=1S/C15H16F3N/c1-9(2)10-6-7-12-11(8-10)4-3-5-13(12)14(19)15(16,17)18/h3-9,14H,19H2,1-2H3/t14-/m0/s1. The molecule has 0 unspecified atom stereocenters. The zero-order valence-electron chi connectivity index (χ0n) is 10.8. The van der Waals surface area contributed by atoms with Crippen molar-refractivity contribution in [1.82, 2.24) is 0 Å². The van der Waals surface area contributed by atoms with E-state index in [1.807, 2.05) is 32.0 Å². The van der Waals surface area contributed by atoms with Gasteiger partial charge in [-0.05, 0) is 27.8 Å². The summed E-state index contributed by atoms with van der Waals surface area (Å²) in [5.74, 6) is 0.337. The molecule has 0 aliphatic heterocycles. The molecular formula is C15H16F3N. The number of benzene rings is 2. The Labute approximate surface area is 110 Å². The lowest BCUT2D eigenvalue weighted by molar-refractivity contribution is -0.148. The van der Waals surface area contributed by atoms with Crippen molar-refractivity contribution < 1.29 is 13.2 Å². The zero-order valence-corrected chi connectivity index (χ0v) is 10.8. The number of hydrogen-bond donors (Lipinski definition) is 1. The first-order valence-corrected chi connectivity index (χ1v) is 6.15. The van der Waals surface area contributed by atoms with E-state index in [1.165, 1.54) is 6.07 Å². The van der Waals surface area contributed by atoms with Gasteiger partial charge in [0, 0.05) is 0 Å². The van der Waals surface area contributed by atoms with Gasteiger partial charge in [-0.3, -0.25) is 0 Å². The molecule has 2 aromatic carbocycles. The van der Waals surface area contributed by atoms with Crippen LogP contribution in [0.25, 0.3) is 10.8 Å². The third-order valence-corrected chi connectivity index (χ3v) is 3.29. The van der Waals surface area contributed by atoms with E-state index in [2.05, 4.69) is 0 Å². The molecule has 0 saturated carbocycles. The van der Waals surface area contributed by atoms with E-state index in [4.69, 9.17) is 5.73 Å². The highest BCUT2D eigenvalue weighted by Gasteiger charge is 2.38. The molecule has 102 valence electrons. The molecule has 0 aliphatic rings. The van der Waals surface area contributed by atoms with Crippen molar-refractivity contribution in [1.29, 1.82) is 0 Å². The quantitative estimate of drug-likeness (QED) is 0.850. The molecule has 2 N–H and O–H groups in total. The van der Waals surface area contributed by atoms with Crippen molar-refractivity contribution in [2.45, 2.75) is 32.0 Å². The van der Waals surface area contributed by atoms with Crippen LogP contribution in [0.2, 0.25) is 0 Å². The summed E-state index contributed by atoms with van der Waals surface area (Å²) in [7, 11) is 0. The minimum Gasteiger partial charge on any atom is -0.316 e. The van der Waals surface area contributed by atoms with Gasteiger partial charge in [-0.1, -0.05) is 50.2 Å². The van der Waals surface area contributed by atoms with Crippen molar-refractivity contribution in [3.8, 4) is 0 Å². The van der Waals surface area contributed by atoms with Crippen LogP contribution in [0, 0.1) is 0 Å². The molecule has 19 heavy (non-hydrogen) atoms. The fourth-order valence-electron chi connectivity index (χ4n) is 2.13. The van der Waals surface area contributed by atoms with Crippen molar-refractivity contribution >= 4 is 10.8 Å². The summed E-state index contributed by atoms with van der Waals surface area (Å²) in [4.78, 5) is 0. The minimum absolute atomic E-state index is 0.125. The first-order valence-electron chi connectivity index (χ1n) is 6.15. The van der Waals surface area contributed by atoms with E-state index in [-0.39, 0.29) is 5.56 Å². The fraction of sp³-hybridized carbons (Fsp3) is 0.333. The van der Waals surface area contributed by atoms with Gasteiger partial charge in [0.1, 0.15) is 6.04 Å². The Balaban J connectivity index is 2.58. The third kappa shape index (κ3) is 2.73. The SMILES string of the molecule is CC(C)c1ccc2c([C@H](N)C(F)(F)F)cccc2c1. The number of fused-ring (bicyclic) bond motifs is 1. The lowest BCUT2D eigenvalue weighted by atomic mass is 9.94. The largest absolute Gasteiger partial charge is 0.407 e. The van der Waals surface area contributed by atoms with Crippen LogP contribution in [0.15, 0.2) is 36.4 Å². The number of hydrogen-bond acceptors (Lipinski definition) is 1.